The summed E-state index contributed by atoms with van der Waals surface area (Å²) in [6.45, 7) is 3.98. The first kappa shape index (κ1) is 18.0. The molecule has 0 aliphatic heterocycles. The lowest BCUT2D eigenvalue weighted by molar-refractivity contribution is -0.159. The minimum Gasteiger partial charge on any atom is -0.473 e. The predicted molar refractivity (Wildman–Crippen MR) is 57.7 cm³/mol. The summed E-state index contributed by atoms with van der Waals surface area (Å²) >= 11 is 0. The Kier molecular flexibility index (Phi) is 11.1. The smallest absolute Gasteiger partial charge is 0.414 e. The van der Waals surface area contributed by atoms with E-state index in [9.17, 15) is 9.59 Å². The van der Waals surface area contributed by atoms with E-state index in [1.807, 2.05) is 0 Å². The molecule has 0 atom stereocenters. The number of ether oxygens (including phenoxy) is 2. The van der Waals surface area contributed by atoms with Gasteiger partial charge in [-0.05, 0) is 13.8 Å². The lowest BCUT2D eigenvalue weighted by atomic mass is 10.5. The molecule has 0 heterocycles. The van der Waals surface area contributed by atoms with Gasteiger partial charge in [0.2, 0.25) is 0 Å². The summed E-state index contributed by atoms with van der Waals surface area (Å²) in [5, 5.41) is 14.8. The third-order valence-corrected chi connectivity index (χ3v) is 1.11. The highest BCUT2D eigenvalue weighted by molar-refractivity contribution is 6.27. The van der Waals surface area contributed by atoms with Crippen molar-refractivity contribution >= 4 is 23.9 Å². The van der Waals surface area contributed by atoms with Crippen molar-refractivity contribution in [2.75, 3.05) is 13.2 Å². The molecule has 0 aromatic rings. The number of hydrogen-bond acceptors (Lipinski definition) is 6. The number of carbonyl (C=O) groups is 4. The van der Waals surface area contributed by atoms with Crippen molar-refractivity contribution in [3.63, 3.8) is 0 Å². The molecule has 0 spiro atoms. The minimum absolute atomic E-state index is 0.298. The van der Waals surface area contributed by atoms with Crippen molar-refractivity contribution < 1.29 is 38.9 Å². The standard InChI is InChI=1S/C8H12O4.C2H2O4/c1-3-11-7(9)5-6-8(10)12-4-2;3-1(4)2(5)6/h5-6H,3-4H2,1-2H3;(H,3,4)(H,5,6)/b6-5-;. The maximum absolute atomic E-state index is 10.6. The molecule has 0 aromatic carbocycles. The molecule has 2 N–H and O–H groups in total. The van der Waals surface area contributed by atoms with Crippen molar-refractivity contribution in [2.24, 2.45) is 0 Å². The van der Waals surface area contributed by atoms with E-state index in [2.05, 4.69) is 9.47 Å². The van der Waals surface area contributed by atoms with Crippen LogP contribution in [0, 0.1) is 0 Å². The Morgan fingerprint density at radius 3 is 1.28 bits per heavy atom. The van der Waals surface area contributed by atoms with Gasteiger partial charge in [-0.3, -0.25) is 0 Å². The zero-order valence-corrected chi connectivity index (χ0v) is 9.91. The summed E-state index contributed by atoms with van der Waals surface area (Å²) in [4.78, 5) is 39.5. The molecular formula is C10H14O8. The highest BCUT2D eigenvalue weighted by Gasteiger charge is 2.04. The summed E-state index contributed by atoms with van der Waals surface area (Å²) in [7, 11) is 0. The fourth-order valence-electron chi connectivity index (χ4n) is 0.517. The first-order chi connectivity index (χ1) is 8.34. The van der Waals surface area contributed by atoms with E-state index >= 15 is 0 Å². The zero-order valence-electron chi connectivity index (χ0n) is 9.91. The van der Waals surface area contributed by atoms with Crippen molar-refractivity contribution in [3.05, 3.63) is 12.2 Å². The molecule has 0 aliphatic carbocycles. The number of carbonyl (C=O) groups excluding carboxylic acids is 2. The zero-order chi connectivity index (χ0) is 14.6. The highest BCUT2D eigenvalue weighted by Crippen LogP contribution is 1.84. The van der Waals surface area contributed by atoms with E-state index in [0.717, 1.165) is 12.2 Å². The summed E-state index contributed by atoms with van der Waals surface area (Å²) < 4.78 is 9.07. The molecule has 18 heavy (non-hydrogen) atoms. The van der Waals surface area contributed by atoms with Gasteiger partial charge in [-0.1, -0.05) is 0 Å². The highest BCUT2D eigenvalue weighted by atomic mass is 16.5. The molecule has 102 valence electrons. The van der Waals surface area contributed by atoms with Gasteiger partial charge < -0.3 is 19.7 Å². The normalized spacial score (nSPS) is 9.00. The first-order valence-corrected chi connectivity index (χ1v) is 4.82. The molecular weight excluding hydrogens is 248 g/mol. The van der Waals surface area contributed by atoms with E-state index in [1.54, 1.807) is 13.8 Å². The maximum Gasteiger partial charge on any atom is 0.414 e. The Bertz CT molecular complexity index is 299. The minimum atomic E-state index is -1.82. The molecule has 0 aromatic heterocycles. The number of esters is 2. The van der Waals surface area contributed by atoms with Crippen molar-refractivity contribution in [1.82, 2.24) is 0 Å². The first-order valence-electron chi connectivity index (χ1n) is 4.82. The van der Waals surface area contributed by atoms with Crippen LogP contribution in [0.25, 0.3) is 0 Å². The van der Waals surface area contributed by atoms with Crippen molar-refractivity contribution in [1.29, 1.82) is 0 Å². The topological polar surface area (TPSA) is 127 Å². The van der Waals surface area contributed by atoms with E-state index in [0.29, 0.717) is 13.2 Å². The van der Waals surface area contributed by atoms with Gasteiger partial charge in [-0.15, -0.1) is 0 Å². The van der Waals surface area contributed by atoms with Crippen LogP contribution in [-0.2, 0) is 28.7 Å². The van der Waals surface area contributed by atoms with Crippen LogP contribution < -0.4 is 0 Å². The van der Waals surface area contributed by atoms with E-state index in [1.165, 1.54) is 0 Å². The number of hydrogen-bond donors (Lipinski definition) is 2. The van der Waals surface area contributed by atoms with E-state index < -0.39 is 23.9 Å². The second-order valence-corrected chi connectivity index (χ2v) is 2.45. The third-order valence-electron chi connectivity index (χ3n) is 1.11. The lowest BCUT2D eigenvalue weighted by Gasteiger charge is -1.95. The summed E-state index contributed by atoms with van der Waals surface area (Å²) in [5.74, 6) is -4.72. The number of aliphatic carboxylic acids is 2. The molecule has 0 rings (SSSR count). The quantitative estimate of drug-likeness (QED) is 0.406. The Morgan fingerprint density at radius 1 is 0.833 bits per heavy atom. The van der Waals surface area contributed by atoms with Crippen LogP contribution in [0.5, 0.6) is 0 Å². The third kappa shape index (κ3) is 13.6. The molecule has 0 saturated carbocycles. The molecule has 0 aliphatic rings. The van der Waals surface area contributed by atoms with Crippen LogP contribution in [0.1, 0.15) is 13.8 Å². The van der Waals surface area contributed by atoms with Crippen LogP contribution in [0.2, 0.25) is 0 Å². The van der Waals surface area contributed by atoms with Gasteiger partial charge in [0.1, 0.15) is 0 Å². The van der Waals surface area contributed by atoms with Crippen LogP contribution in [0.3, 0.4) is 0 Å². The Labute approximate surface area is 103 Å². The van der Waals surface area contributed by atoms with Gasteiger partial charge in [0.15, 0.2) is 0 Å². The average molecular weight is 262 g/mol. The maximum atomic E-state index is 10.6. The van der Waals surface area contributed by atoms with Crippen LogP contribution in [0.15, 0.2) is 12.2 Å². The Hall–Kier alpha value is -2.38. The van der Waals surface area contributed by atoms with Gasteiger partial charge in [0.05, 0.1) is 13.2 Å². The SMILES string of the molecule is CCOC(=O)/C=C\C(=O)OCC.O=C(O)C(=O)O. The molecule has 0 fully saturated rings. The Balaban J connectivity index is 0. The van der Waals surface area contributed by atoms with Gasteiger partial charge in [0, 0.05) is 12.2 Å². The average Bonchev–Trinajstić information content (AvgIpc) is 2.28. The summed E-state index contributed by atoms with van der Waals surface area (Å²) in [6.07, 6.45) is 2.09. The van der Waals surface area contributed by atoms with E-state index in [-0.39, 0.29) is 0 Å². The Morgan fingerprint density at radius 2 is 1.11 bits per heavy atom. The number of rotatable bonds is 4. The van der Waals surface area contributed by atoms with Crippen LogP contribution in [0.4, 0.5) is 0 Å². The van der Waals surface area contributed by atoms with Crippen LogP contribution in [-0.4, -0.2) is 47.3 Å². The van der Waals surface area contributed by atoms with Crippen molar-refractivity contribution in [2.45, 2.75) is 13.8 Å². The second kappa shape index (κ2) is 11.1. The molecule has 8 nitrogen and oxygen atoms in total. The fraction of sp³-hybridized carbons (Fsp3) is 0.400. The molecule has 0 radical (unpaired) electrons. The largest absolute Gasteiger partial charge is 0.473 e. The van der Waals surface area contributed by atoms with Crippen molar-refractivity contribution in [3.8, 4) is 0 Å². The summed E-state index contributed by atoms with van der Waals surface area (Å²) in [5.41, 5.74) is 0. The van der Waals surface area contributed by atoms with Gasteiger partial charge in [-0.2, -0.15) is 0 Å². The van der Waals surface area contributed by atoms with Gasteiger partial charge in [0.25, 0.3) is 0 Å². The molecule has 0 saturated heterocycles. The lowest BCUT2D eigenvalue weighted by Crippen LogP contribution is -2.09. The molecule has 0 unspecified atom stereocenters. The number of carboxylic acid groups (broad SMARTS) is 2. The van der Waals surface area contributed by atoms with Gasteiger partial charge in [-0.25, -0.2) is 19.2 Å². The number of carboxylic acids is 2. The molecule has 8 heteroatoms. The molecule has 0 bridgehead atoms. The second-order valence-electron chi connectivity index (χ2n) is 2.45. The monoisotopic (exact) mass is 262 g/mol. The van der Waals surface area contributed by atoms with E-state index in [4.69, 9.17) is 19.8 Å². The summed E-state index contributed by atoms with van der Waals surface area (Å²) in [6, 6.07) is 0. The van der Waals surface area contributed by atoms with Crippen LogP contribution >= 0.6 is 0 Å². The fourth-order valence-corrected chi connectivity index (χ4v) is 0.517. The van der Waals surface area contributed by atoms with Gasteiger partial charge >= 0.3 is 23.9 Å². The molecule has 0 amide bonds. The predicted octanol–water partition coefficient (Wildman–Crippen LogP) is -0.176.